The number of hydrogen-bond donors (Lipinski definition) is 1. The second-order valence-corrected chi connectivity index (χ2v) is 7.22. The van der Waals surface area contributed by atoms with Crippen LogP contribution in [0.3, 0.4) is 0 Å². The minimum absolute atomic E-state index is 0.126. The van der Waals surface area contributed by atoms with Gasteiger partial charge in [-0.25, -0.2) is 0 Å². The Kier molecular flexibility index (Phi) is 9.51. The normalized spacial score (nSPS) is 11.6. The van der Waals surface area contributed by atoms with Gasteiger partial charge in [0.2, 0.25) is 5.91 Å². The standard InChI is InChI=1S/C23H29ClN2O3/c1-3-14-25-23(28)21(4-2)26(15-13-18-9-6-5-7-10-18)22(27)17-29-20-12-8-11-19(24)16-20/h5-12,16,21H,3-4,13-15,17H2,1-2H3,(H,25,28). The Balaban J connectivity index is 2.10. The van der Waals surface area contributed by atoms with Gasteiger partial charge in [-0.05, 0) is 43.0 Å². The van der Waals surface area contributed by atoms with Gasteiger partial charge in [0.25, 0.3) is 5.91 Å². The van der Waals surface area contributed by atoms with Gasteiger partial charge in [0.15, 0.2) is 6.61 Å². The molecule has 0 aliphatic rings. The molecule has 0 fully saturated rings. The summed E-state index contributed by atoms with van der Waals surface area (Å²) in [6.07, 6.45) is 2.05. The Morgan fingerprint density at radius 3 is 2.52 bits per heavy atom. The summed E-state index contributed by atoms with van der Waals surface area (Å²) in [6, 6.07) is 16.3. The SMILES string of the molecule is CCCNC(=O)C(CC)N(CCc1ccccc1)C(=O)COc1cccc(Cl)c1. The van der Waals surface area contributed by atoms with Crippen molar-refractivity contribution in [2.45, 2.75) is 39.2 Å². The minimum Gasteiger partial charge on any atom is -0.484 e. The lowest BCUT2D eigenvalue weighted by molar-refractivity contribution is -0.142. The van der Waals surface area contributed by atoms with Crippen molar-refractivity contribution in [3.8, 4) is 5.75 Å². The van der Waals surface area contributed by atoms with Gasteiger partial charge in [-0.1, -0.05) is 61.8 Å². The van der Waals surface area contributed by atoms with Gasteiger partial charge in [0.05, 0.1) is 0 Å². The van der Waals surface area contributed by atoms with Crippen LogP contribution in [0.1, 0.15) is 32.3 Å². The van der Waals surface area contributed by atoms with E-state index in [0.29, 0.717) is 36.7 Å². The van der Waals surface area contributed by atoms with Crippen LogP contribution in [0.2, 0.25) is 5.02 Å². The van der Waals surface area contributed by atoms with Gasteiger partial charge in [-0.3, -0.25) is 9.59 Å². The third-order valence-electron chi connectivity index (χ3n) is 4.58. The van der Waals surface area contributed by atoms with E-state index in [1.807, 2.05) is 44.2 Å². The quantitative estimate of drug-likeness (QED) is 0.600. The molecule has 1 N–H and O–H groups in total. The lowest BCUT2D eigenvalue weighted by Crippen LogP contribution is -2.51. The van der Waals surface area contributed by atoms with Crippen molar-refractivity contribution in [3.05, 3.63) is 65.2 Å². The highest BCUT2D eigenvalue weighted by Crippen LogP contribution is 2.17. The van der Waals surface area contributed by atoms with Crippen molar-refractivity contribution in [2.24, 2.45) is 0 Å². The third-order valence-corrected chi connectivity index (χ3v) is 4.81. The van der Waals surface area contributed by atoms with Gasteiger partial charge >= 0.3 is 0 Å². The van der Waals surface area contributed by atoms with Crippen molar-refractivity contribution in [2.75, 3.05) is 19.7 Å². The van der Waals surface area contributed by atoms with E-state index >= 15 is 0 Å². The van der Waals surface area contributed by atoms with E-state index in [1.54, 1.807) is 29.2 Å². The van der Waals surface area contributed by atoms with Crippen molar-refractivity contribution in [1.82, 2.24) is 10.2 Å². The Hall–Kier alpha value is -2.53. The third kappa shape index (κ3) is 7.42. The molecule has 29 heavy (non-hydrogen) atoms. The summed E-state index contributed by atoms with van der Waals surface area (Å²) in [5.74, 6) is 0.176. The second kappa shape index (κ2) is 12.1. The molecule has 2 rings (SSSR count). The fourth-order valence-corrected chi connectivity index (χ4v) is 3.23. The molecule has 1 unspecified atom stereocenters. The molecule has 0 saturated carbocycles. The van der Waals surface area contributed by atoms with Crippen LogP contribution < -0.4 is 10.1 Å². The molecule has 0 aliphatic carbocycles. The van der Waals surface area contributed by atoms with E-state index in [-0.39, 0.29) is 18.4 Å². The number of halogens is 1. The molecule has 0 spiro atoms. The van der Waals surface area contributed by atoms with Crippen LogP contribution in [0.25, 0.3) is 0 Å². The van der Waals surface area contributed by atoms with Crippen LogP contribution in [0, 0.1) is 0 Å². The smallest absolute Gasteiger partial charge is 0.261 e. The average molecular weight is 417 g/mol. The number of ether oxygens (including phenoxy) is 1. The lowest BCUT2D eigenvalue weighted by atomic mass is 10.1. The second-order valence-electron chi connectivity index (χ2n) is 6.78. The molecule has 0 aromatic heterocycles. The van der Waals surface area contributed by atoms with E-state index in [2.05, 4.69) is 5.32 Å². The van der Waals surface area contributed by atoms with E-state index in [1.165, 1.54) is 0 Å². The summed E-state index contributed by atoms with van der Waals surface area (Å²) in [7, 11) is 0. The number of carbonyl (C=O) groups excluding carboxylic acids is 2. The van der Waals surface area contributed by atoms with Crippen LogP contribution in [-0.2, 0) is 16.0 Å². The predicted octanol–water partition coefficient (Wildman–Crippen LogP) is 4.09. The Bertz CT molecular complexity index is 783. The first-order valence-corrected chi connectivity index (χ1v) is 10.4. The van der Waals surface area contributed by atoms with Gasteiger partial charge < -0.3 is 15.0 Å². The summed E-state index contributed by atoms with van der Waals surface area (Å²) in [6.45, 7) is 4.80. The van der Waals surface area contributed by atoms with Gasteiger partial charge in [-0.2, -0.15) is 0 Å². The van der Waals surface area contributed by atoms with Gasteiger partial charge in [-0.15, -0.1) is 0 Å². The monoisotopic (exact) mass is 416 g/mol. The zero-order chi connectivity index (χ0) is 21.1. The highest BCUT2D eigenvalue weighted by molar-refractivity contribution is 6.30. The fraction of sp³-hybridized carbons (Fsp3) is 0.391. The average Bonchev–Trinajstić information content (AvgIpc) is 2.74. The van der Waals surface area contributed by atoms with E-state index in [9.17, 15) is 9.59 Å². The molecule has 0 radical (unpaired) electrons. The van der Waals surface area contributed by atoms with Crippen molar-refractivity contribution in [1.29, 1.82) is 0 Å². The molecule has 156 valence electrons. The molecular formula is C23H29ClN2O3. The number of nitrogens with one attached hydrogen (secondary N) is 1. The van der Waals surface area contributed by atoms with E-state index in [0.717, 1.165) is 12.0 Å². The van der Waals surface area contributed by atoms with Gasteiger partial charge in [0.1, 0.15) is 11.8 Å². The molecule has 6 heteroatoms. The zero-order valence-electron chi connectivity index (χ0n) is 17.1. The molecule has 2 amide bonds. The van der Waals surface area contributed by atoms with Crippen LogP contribution in [0.15, 0.2) is 54.6 Å². The Morgan fingerprint density at radius 2 is 1.86 bits per heavy atom. The first-order chi connectivity index (χ1) is 14.0. The maximum atomic E-state index is 13.0. The number of nitrogens with zero attached hydrogens (tertiary/aromatic N) is 1. The van der Waals surface area contributed by atoms with Crippen molar-refractivity contribution >= 4 is 23.4 Å². The molecule has 0 bridgehead atoms. The highest BCUT2D eigenvalue weighted by atomic mass is 35.5. The summed E-state index contributed by atoms with van der Waals surface area (Å²) < 4.78 is 5.63. The number of carbonyl (C=O) groups is 2. The molecule has 0 saturated heterocycles. The first-order valence-electron chi connectivity index (χ1n) is 10.0. The van der Waals surface area contributed by atoms with Crippen LogP contribution in [0.4, 0.5) is 0 Å². The summed E-state index contributed by atoms with van der Waals surface area (Å²) in [5, 5.41) is 3.45. The van der Waals surface area contributed by atoms with E-state index < -0.39 is 6.04 Å². The Morgan fingerprint density at radius 1 is 1.10 bits per heavy atom. The number of amides is 2. The molecular weight excluding hydrogens is 388 g/mol. The number of rotatable bonds is 11. The maximum Gasteiger partial charge on any atom is 0.261 e. The molecule has 2 aromatic rings. The minimum atomic E-state index is -0.527. The van der Waals surface area contributed by atoms with Crippen molar-refractivity contribution < 1.29 is 14.3 Å². The van der Waals surface area contributed by atoms with Crippen molar-refractivity contribution in [3.63, 3.8) is 0 Å². The molecule has 2 aromatic carbocycles. The summed E-state index contributed by atoms with van der Waals surface area (Å²) >= 11 is 5.97. The topological polar surface area (TPSA) is 58.6 Å². The van der Waals surface area contributed by atoms with Crippen LogP contribution in [0.5, 0.6) is 5.75 Å². The Labute approximate surface area is 178 Å². The van der Waals surface area contributed by atoms with Gasteiger partial charge in [0, 0.05) is 18.1 Å². The largest absolute Gasteiger partial charge is 0.484 e. The highest BCUT2D eigenvalue weighted by Gasteiger charge is 2.28. The first kappa shape index (κ1) is 22.8. The predicted molar refractivity (Wildman–Crippen MR) is 116 cm³/mol. The summed E-state index contributed by atoms with van der Waals surface area (Å²) in [4.78, 5) is 27.3. The number of hydrogen-bond acceptors (Lipinski definition) is 3. The van der Waals surface area contributed by atoms with Crippen LogP contribution >= 0.6 is 11.6 Å². The number of benzene rings is 2. The molecule has 0 aliphatic heterocycles. The molecule has 0 heterocycles. The maximum absolute atomic E-state index is 13.0. The zero-order valence-corrected chi connectivity index (χ0v) is 17.8. The fourth-order valence-electron chi connectivity index (χ4n) is 3.05. The van der Waals surface area contributed by atoms with Crippen LogP contribution in [-0.4, -0.2) is 42.5 Å². The summed E-state index contributed by atoms with van der Waals surface area (Å²) in [5.41, 5.74) is 1.12. The lowest BCUT2D eigenvalue weighted by Gasteiger charge is -2.30. The molecule has 1 atom stereocenters. The molecule has 5 nitrogen and oxygen atoms in total. The van der Waals surface area contributed by atoms with E-state index in [4.69, 9.17) is 16.3 Å².